The molecule has 0 fully saturated rings. The van der Waals surface area contributed by atoms with Crippen LogP contribution in [0.15, 0.2) is 72.9 Å². The lowest BCUT2D eigenvalue weighted by Gasteiger charge is -2.31. The number of ether oxygens (including phenoxy) is 3. The molecule has 2 atom stereocenters. The van der Waals surface area contributed by atoms with Crippen molar-refractivity contribution < 1.29 is 38.2 Å². The number of carbonyl (C=O) groups excluding carboxylic acids is 2. The molecule has 0 heterocycles. The van der Waals surface area contributed by atoms with E-state index in [1.807, 2.05) is 21.1 Å². The van der Waals surface area contributed by atoms with E-state index >= 15 is 0 Å². The van der Waals surface area contributed by atoms with Crippen LogP contribution in [0, 0.1) is 0 Å². The van der Waals surface area contributed by atoms with E-state index in [1.165, 1.54) is 25.7 Å². The van der Waals surface area contributed by atoms with Crippen LogP contribution in [0.2, 0.25) is 0 Å². The lowest BCUT2D eigenvalue weighted by molar-refractivity contribution is -0.887. The molecule has 0 saturated heterocycles. The van der Waals surface area contributed by atoms with Crippen LogP contribution in [0.1, 0.15) is 162 Å². The number of rotatable bonds is 38. The SMILES string of the molecule is CC/C=C\C/C=C\C/C=C\C/C=C\CCCCCCC(=O)OC(COCCC(C(=O)O)[N+](C)(C)C)COC(=O)CCCCCCC/C=C\C/C=C\CCCCC. The standard InChI is InChI=1S/C48H81NO7/c1-6-8-10-12-14-16-18-20-22-23-25-27-29-31-33-35-37-39-47(51)56-44(42-54-41-40-45(48(52)53)49(3,4)5)43-55-46(50)38-36-34-32-30-28-26-24-21-19-17-15-13-11-9-7-2/h8,10,14-17,20-22,24-25,27,44-45H,6-7,9,11-13,18-19,23,26,28-43H2,1-5H3/p+1/b10-8-,16-14-,17-15-,22-20-,24-21-,27-25-. The summed E-state index contributed by atoms with van der Waals surface area (Å²) in [5, 5.41) is 9.62. The number of quaternary nitrogens is 1. The maximum absolute atomic E-state index is 12.7. The molecule has 0 aliphatic carbocycles. The zero-order chi connectivity index (χ0) is 41.4. The third-order valence-electron chi connectivity index (χ3n) is 9.34. The molecule has 1 N–H and O–H groups in total. The monoisotopic (exact) mass is 785 g/mol. The molecule has 0 saturated carbocycles. The number of unbranched alkanes of at least 4 members (excludes halogenated alkanes) is 12. The number of likely N-dealkylation sites (N-methyl/N-ethyl adjacent to an activating group) is 1. The van der Waals surface area contributed by atoms with Crippen molar-refractivity contribution in [2.24, 2.45) is 0 Å². The number of aliphatic carboxylic acids is 1. The molecule has 0 spiro atoms. The molecule has 0 aliphatic rings. The predicted octanol–water partition coefficient (Wildman–Crippen LogP) is 12.0. The molecule has 0 bridgehead atoms. The number of esters is 2. The highest BCUT2D eigenvalue weighted by molar-refractivity contribution is 5.72. The maximum atomic E-state index is 12.7. The highest BCUT2D eigenvalue weighted by Crippen LogP contribution is 2.12. The molecule has 0 rings (SSSR count). The average Bonchev–Trinajstić information content (AvgIpc) is 3.15. The van der Waals surface area contributed by atoms with Crippen molar-refractivity contribution in [3.8, 4) is 0 Å². The molecule has 0 aromatic rings. The van der Waals surface area contributed by atoms with Crippen molar-refractivity contribution in [2.45, 2.75) is 174 Å². The first kappa shape index (κ1) is 52.8. The van der Waals surface area contributed by atoms with E-state index in [0.717, 1.165) is 103 Å². The van der Waals surface area contributed by atoms with Gasteiger partial charge in [-0.25, -0.2) is 4.79 Å². The Morgan fingerprint density at radius 1 is 0.554 bits per heavy atom. The van der Waals surface area contributed by atoms with Gasteiger partial charge in [0.15, 0.2) is 12.1 Å². The van der Waals surface area contributed by atoms with Crippen molar-refractivity contribution in [3.05, 3.63) is 72.9 Å². The summed E-state index contributed by atoms with van der Waals surface area (Å²) in [5.74, 6) is -1.53. The topological polar surface area (TPSA) is 99.1 Å². The Morgan fingerprint density at radius 3 is 1.48 bits per heavy atom. The molecule has 8 nitrogen and oxygen atoms in total. The number of carbonyl (C=O) groups is 3. The summed E-state index contributed by atoms with van der Waals surface area (Å²) in [4.78, 5) is 37.0. The van der Waals surface area contributed by atoms with E-state index in [4.69, 9.17) is 14.2 Å². The number of carboxylic acids is 1. The molecule has 320 valence electrons. The molecule has 0 radical (unpaired) electrons. The van der Waals surface area contributed by atoms with Gasteiger partial charge in [0.25, 0.3) is 0 Å². The van der Waals surface area contributed by atoms with Crippen molar-refractivity contribution in [1.29, 1.82) is 0 Å². The van der Waals surface area contributed by atoms with Crippen LogP contribution >= 0.6 is 0 Å². The number of hydrogen-bond acceptors (Lipinski definition) is 6. The Morgan fingerprint density at radius 2 is 1.00 bits per heavy atom. The zero-order valence-electron chi connectivity index (χ0n) is 36.3. The van der Waals surface area contributed by atoms with Gasteiger partial charge in [-0.2, -0.15) is 0 Å². The van der Waals surface area contributed by atoms with Crippen molar-refractivity contribution >= 4 is 17.9 Å². The Hall–Kier alpha value is -3.23. The predicted molar refractivity (Wildman–Crippen MR) is 233 cm³/mol. The average molecular weight is 785 g/mol. The lowest BCUT2D eigenvalue weighted by Crippen LogP contribution is -2.50. The molecule has 0 amide bonds. The number of nitrogens with zero attached hydrogens (tertiary/aromatic N) is 1. The van der Waals surface area contributed by atoms with Gasteiger partial charge < -0.3 is 23.8 Å². The Balaban J connectivity index is 4.44. The molecule has 56 heavy (non-hydrogen) atoms. The summed E-state index contributed by atoms with van der Waals surface area (Å²) in [6, 6.07) is -0.625. The van der Waals surface area contributed by atoms with Gasteiger partial charge in [-0.05, 0) is 83.5 Å². The van der Waals surface area contributed by atoms with Gasteiger partial charge in [0, 0.05) is 19.3 Å². The first-order chi connectivity index (χ1) is 27.1. The summed E-state index contributed by atoms with van der Waals surface area (Å²) in [6.45, 7) is 4.54. The Labute approximate surface area is 342 Å². The summed E-state index contributed by atoms with van der Waals surface area (Å²) in [5.41, 5.74) is 0. The number of carboxylic acid groups (broad SMARTS) is 1. The minimum atomic E-state index is -0.884. The van der Waals surface area contributed by atoms with Gasteiger partial charge in [0.1, 0.15) is 6.61 Å². The molecular weight excluding hydrogens is 703 g/mol. The zero-order valence-corrected chi connectivity index (χ0v) is 36.3. The second kappa shape index (κ2) is 38.6. The third kappa shape index (κ3) is 36.4. The summed E-state index contributed by atoms with van der Waals surface area (Å²) < 4.78 is 17.2. The lowest BCUT2D eigenvalue weighted by atomic mass is 10.1. The van der Waals surface area contributed by atoms with E-state index in [0.29, 0.717) is 19.3 Å². The quantitative estimate of drug-likeness (QED) is 0.0288. The molecule has 8 heteroatoms. The number of allylic oxidation sites excluding steroid dienone is 12. The van der Waals surface area contributed by atoms with Crippen LogP contribution < -0.4 is 0 Å². The van der Waals surface area contributed by atoms with E-state index in [1.54, 1.807) is 0 Å². The van der Waals surface area contributed by atoms with Crippen molar-refractivity contribution in [3.63, 3.8) is 0 Å². The van der Waals surface area contributed by atoms with E-state index in [2.05, 4.69) is 86.8 Å². The largest absolute Gasteiger partial charge is 0.477 e. The number of hydrogen-bond donors (Lipinski definition) is 1. The van der Waals surface area contributed by atoms with Gasteiger partial charge >= 0.3 is 17.9 Å². The Kier molecular flexibility index (Phi) is 36.4. The van der Waals surface area contributed by atoms with Crippen molar-refractivity contribution in [1.82, 2.24) is 0 Å². The minimum absolute atomic E-state index is 0.0427. The summed E-state index contributed by atoms with van der Waals surface area (Å²) >= 11 is 0. The fraction of sp³-hybridized carbons (Fsp3) is 0.688. The summed E-state index contributed by atoms with van der Waals surface area (Å²) in [6.07, 6.45) is 48.0. The second-order valence-corrected chi connectivity index (χ2v) is 15.6. The summed E-state index contributed by atoms with van der Waals surface area (Å²) in [7, 11) is 5.50. The smallest absolute Gasteiger partial charge is 0.362 e. The van der Waals surface area contributed by atoms with E-state index < -0.39 is 18.1 Å². The first-order valence-electron chi connectivity index (χ1n) is 22.0. The van der Waals surface area contributed by atoms with Crippen LogP contribution in [0.4, 0.5) is 0 Å². The first-order valence-corrected chi connectivity index (χ1v) is 22.0. The van der Waals surface area contributed by atoms with Crippen LogP contribution in [-0.2, 0) is 28.6 Å². The highest BCUT2D eigenvalue weighted by Gasteiger charge is 2.31. The molecule has 0 aromatic heterocycles. The van der Waals surface area contributed by atoms with Crippen LogP contribution in [0.3, 0.4) is 0 Å². The van der Waals surface area contributed by atoms with Gasteiger partial charge in [0.2, 0.25) is 0 Å². The highest BCUT2D eigenvalue weighted by atomic mass is 16.6. The minimum Gasteiger partial charge on any atom is -0.477 e. The van der Waals surface area contributed by atoms with Gasteiger partial charge in [-0.15, -0.1) is 0 Å². The molecular formula is C48H82NO7+. The van der Waals surface area contributed by atoms with E-state index in [9.17, 15) is 19.5 Å². The maximum Gasteiger partial charge on any atom is 0.362 e. The van der Waals surface area contributed by atoms with Gasteiger partial charge in [-0.3, -0.25) is 9.59 Å². The van der Waals surface area contributed by atoms with E-state index in [-0.39, 0.29) is 36.2 Å². The van der Waals surface area contributed by atoms with Crippen LogP contribution in [0.25, 0.3) is 0 Å². The fourth-order valence-corrected chi connectivity index (χ4v) is 5.93. The third-order valence-corrected chi connectivity index (χ3v) is 9.34. The fourth-order valence-electron chi connectivity index (χ4n) is 5.93. The normalized spacial score (nSPS) is 13.7. The Bertz CT molecular complexity index is 1140. The van der Waals surface area contributed by atoms with Gasteiger partial charge in [0.05, 0.1) is 34.4 Å². The van der Waals surface area contributed by atoms with Gasteiger partial charge in [-0.1, -0.05) is 132 Å². The van der Waals surface area contributed by atoms with Crippen LogP contribution in [0.5, 0.6) is 0 Å². The second-order valence-electron chi connectivity index (χ2n) is 15.6. The molecule has 0 aliphatic heterocycles. The van der Waals surface area contributed by atoms with Crippen molar-refractivity contribution in [2.75, 3.05) is 41.0 Å². The molecule has 0 aromatic carbocycles. The molecule has 2 unspecified atom stereocenters. The van der Waals surface area contributed by atoms with Crippen LogP contribution in [-0.4, -0.2) is 80.6 Å².